The minimum Gasteiger partial charge on any atom is -0.465 e. The van der Waals surface area contributed by atoms with Crippen molar-refractivity contribution in [1.29, 1.82) is 0 Å². The van der Waals surface area contributed by atoms with Crippen LogP contribution in [-0.2, 0) is 14.3 Å². The van der Waals surface area contributed by atoms with Gasteiger partial charge in [-0.15, -0.1) is 22.7 Å². The molecule has 1 amide bonds. The Kier molecular flexibility index (Phi) is 7.56. The van der Waals surface area contributed by atoms with Crippen molar-refractivity contribution in [1.82, 2.24) is 5.32 Å². The average molecular weight is 459 g/mol. The van der Waals surface area contributed by atoms with Crippen molar-refractivity contribution in [2.45, 2.75) is 13.0 Å². The van der Waals surface area contributed by atoms with E-state index >= 15 is 0 Å². The van der Waals surface area contributed by atoms with Gasteiger partial charge in [0, 0.05) is 4.88 Å². The molecule has 7 nitrogen and oxygen atoms in total. The lowest BCUT2D eigenvalue weighted by molar-refractivity contribution is -0.115. The fourth-order valence-corrected chi connectivity index (χ4v) is 5.04. The highest BCUT2D eigenvalue weighted by molar-refractivity contribution is 7.18. The largest absolute Gasteiger partial charge is 0.465 e. The van der Waals surface area contributed by atoms with Crippen molar-refractivity contribution in [2.24, 2.45) is 0 Å². The number of amides is 1. The molecule has 0 bridgehead atoms. The van der Waals surface area contributed by atoms with E-state index in [4.69, 9.17) is 9.47 Å². The second-order valence-corrected chi connectivity index (χ2v) is 8.53. The molecule has 0 saturated carbocycles. The standard InChI is InChI=1S/C22H22N2O5S2/c1-13-17(21(26)28-2)20(31-19(13)22(27)29-3)24-16(25)12-23-18(15-10-7-11-30-15)14-8-5-4-6-9-14/h4-11,18,23H,12H2,1-3H3,(H,24,25)/t18-/m0/s1. The van der Waals surface area contributed by atoms with Crippen LogP contribution in [0.1, 0.15) is 42.1 Å². The maximum Gasteiger partial charge on any atom is 0.348 e. The smallest absolute Gasteiger partial charge is 0.348 e. The third-order valence-corrected chi connectivity index (χ3v) is 6.71. The van der Waals surface area contributed by atoms with E-state index in [-0.39, 0.29) is 33.9 Å². The van der Waals surface area contributed by atoms with Gasteiger partial charge in [-0.05, 0) is 29.5 Å². The van der Waals surface area contributed by atoms with Crippen molar-refractivity contribution >= 4 is 45.5 Å². The summed E-state index contributed by atoms with van der Waals surface area (Å²) in [4.78, 5) is 38.3. The fraction of sp³-hybridized carbons (Fsp3) is 0.227. The molecule has 0 fully saturated rings. The van der Waals surface area contributed by atoms with Crippen molar-refractivity contribution in [3.8, 4) is 0 Å². The lowest BCUT2D eigenvalue weighted by Crippen LogP contribution is -2.31. The molecular formula is C22H22N2O5S2. The van der Waals surface area contributed by atoms with Gasteiger partial charge in [-0.1, -0.05) is 36.4 Å². The summed E-state index contributed by atoms with van der Waals surface area (Å²) < 4.78 is 9.59. The first kappa shape index (κ1) is 22.7. The summed E-state index contributed by atoms with van der Waals surface area (Å²) >= 11 is 2.58. The number of thiophene rings is 2. The molecule has 0 spiro atoms. The Hall–Kier alpha value is -3.01. The number of benzene rings is 1. The summed E-state index contributed by atoms with van der Waals surface area (Å²) in [7, 11) is 2.51. The van der Waals surface area contributed by atoms with E-state index in [1.54, 1.807) is 18.3 Å². The zero-order valence-electron chi connectivity index (χ0n) is 17.3. The van der Waals surface area contributed by atoms with Crippen molar-refractivity contribution in [2.75, 3.05) is 26.1 Å². The van der Waals surface area contributed by atoms with Gasteiger partial charge in [0.1, 0.15) is 9.88 Å². The topological polar surface area (TPSA) is 93.7 Å². The number of esters is 2. The summed E-state index contributed by atoms with van der Waals surface area (Å²) in [6.45, 7) is 1.62. The molecule has 1 atom stereocenters. The van der Waals surface area contributed by atoms with Crippen molar-refractivity contribution in [3.63, 3.8) is 0 Å². The highest BCUT2D eigenvalue weighted by atomic mass is 32.1. The van der Waals surface area contributed by atoms with E-state index in [0.717, 1.165) is 21.8 Å². The molecule has 3 aromatic rings. The predicted molar refractivity (Wildman–Crippen MR) is 121 cm³/mol. The average Bonchev–Trinajstić information content (AvgIpc) is 3.42. The van der Waals surface area contributed by atoms with Crippen LogP contribution in [0.15, 0.2) is 47.8 Å². The monoisotopic (exact) mass is 458 g/mol. The molecule has 0 unspecified atom stereocenters. The molecule has 2 N–H and O–H groups in total. The van der Waals surface area contributed by atoms with Gasteiger partial charge in [-0.3, -0.25) is 10.1 Å². The highest BCUT2D eigenvalue weighted by Crippen LogP contribution is 2.34. The van der Waals surface area contributed by atoms with Crippen LogP contribution in [0.5, 0.6) is 0 Å². The van der Waals surface area contributed by atoms with Gasteiger partial charge in [-0.2, -0.15) is 0 Å². The van der Waals surface area contributed by atoms with Crippen LogP contribution in [0.4, 0.5) is 5.00 Å². The molecule has 0 aliphatic rings. The first-order chi connectivity index (χ1) is 15.0. The molecule has 2 aromatic heterocycles. The second kappa shape index (κ2) is 10.3. The van der Waals surface area contributed by atoms with Gasteiger partial charge in [0.15, 0.2) is 0 Å². The maximum atomic E-state index is 12.7. The van der Waals surface area contributed by atoms with Crippen LogP contribution < -0.4 is 10.6 Å². The van der Waals surface area contributed by atoms with E-state index in [0.29, 0.717) is 5.56 Å². The van der Waals surface area contributed by atoms with E-state index in [1.165, 1.54) is 14.2 Å². The molecule has 162 valence electrons. The van der Waals surface area contributed by atoms with Gasteiger partial charge in [0.2, 0.25) is 5.91 Å². The highest BCUT2D eigenvalue weighted by Gasteiger charge is 2.27. The number of hydrogen-bond acceptors (Lipinski definition) is 8. The van der Waals surface area contributed by atoms with Crippen molar-refractivity contribution in [3.05, 3.63) is 74.3 Å². The predicted octanol–water partition coefficient (Wildman–Crippen LogP) is 4.01. The zero-order chi connectivity index (χ0) is 22.4. The van der Waals surface area contributed by atoms with Gasteiger partial charge in [0.05, 0.1) is 32.4 Å². The van der Waals surface area contributed by atoms with Crippen LogP contribution in [0, 0.1) is 6.92 Å². The molecule has 0 aliphatic heterocycles. The summed E-state index contributed by atoms with van der Waals surface area (Å²) in [5.41, 5.74) is 1.60. The number of ether oxygens (including phenoxy) is 2. The minimum atomic E-state index is -0.632. The number of nitrogens with one attached hydrogen (secondary N) is 2. The number of carbonyl (C=O) groups is 3. The number of hydrogen-bond donors (Lipinski definition) is 2. The van der Waals surface area contributed by atoms with Gasteiger partial charge in [-0.25, -0.2) is 9.59 Å². The Morgan fingerprint density at radius 1 is 1.00 bits per heavy atom. The molecule has 9 heteroatoms. The van der Waals surface area contributed by atoms with E-state index in [1.807, 2.05) is 47.8 Å². The molecular weight excluding hydrogens is 436 g/mol. The number of anilines is 1. The fourth-order valence-electron chi connectivity index (χ4n) is 3.09. The van der Waals surface area contributed by atoms with Gasteiger partial charge >= 0.3 is 11.9 Å². The summed E-state index contributed by atoms with van der Waals surface area (Å²) in [6, 6.07) is 13.6. The Labute approximate surface area is 188 Å². The lowest BCUT2D eigenvalue weighted by Gasteiger charge is -2.18. The van der Waals surface area contributed by atoms with Crippen LogP contribution >= 0.6 is 22.7 Å². The lowest BCUT2D eigenvalue weighted by atomic mass is 10.1. The van der Waals surface area contributed by atoms with Gasteiger partial charge in [0.25, 0.3) is 0 Å². The maximum absolute atomic E-state index is 12.7. The first-order valence-corrected chi connectivity index (χ1v) is 11.1. The van der Waals surface area contributed by atoms with Crippen LogP contribution in [0.3, 0.4) is 0 Å². The number of rotatable bonds is 8. The molecule has 1 aromatic carbocycles. The van der Waals surface area contributed by atoms with Crippen LogP contribution in [0.25, 0.3) is 0 Å². The molecule has 2 heterocycles. The Bertz CT molecular complexity index is 1060. The first-order valence-electron chi connectivity index (χ1n) is 9.37. The normalized spacial score (nSPS) is 11.6. The third-order valence-electron chi connectivity index (χ3n) is 4.59. The molecule has 0 aliphatic carbocycles. The van der Waals surface area contributed by atoms with Crippen molar-refractivity contribution < 1.29 is 23.9 Å². The van der Waals surface area contributed by atoms with E-state index < -0.39 is 11.9 Å². The Morgan fingerprint density at radius 2 is 1.71 bits per heavy atom. The zero-order valence-corrected chi connectivity index (χ0v) is 18.9. The van der Waals surface area contributed by atoms with E-state index in [9.17, 15) is 14.4 Å². The van der Waals surface area contributed by atoms with Crippen LogP contribution in [-0.4, -0.2) is 38.6 Å². The Balaban J connectivity index is 1.78. The molecule has 0 radical (unpaired) electrons. The number of carbonyl (C=O) groups excluding carboxylic acids is 3. The molecule has 31 heavy (non-hydrogen) atoms. The molecule has 0 saturated heterocycles. The summed E-state index contributed by atoms with van der Waals surface area (Å²) in [5.74, 6) is -1.55. The second-order valence-electron chi connectivity index (χ2n) is 6.53. The quantitative estimate of drug-likeness (QED) is 0.496. The molecule has 3 rings (SSSR count). The SMILES string of the molecule is COC(=O)c1sc(NC(=O)CN[C@@H](c2ccccc2)c2cccs2)c(C(=O)OC)c1C. The van der Waals surface area contributed by atoms with Gasteiger partial charge < -0.3 is 14.8 Å². The number of methoxy groups -OCH3 is 2. The minimum absolute atomic E-state index is 0.00256. The Morgan fingerprint density at radius 3 is 2.32 bits per heavy atom. The van der Waals surface area contributed by atoms with Crippen LogP contribution in [0.2, 0.25) is 0 Å². The van der Waals surface area contributed by atoms with E-state index in [2.05, 4.69) is 10.6 Å². The summed E-state index contributed by atoms with van der Waals surface area (Å²) in [5, 5.41) is 8.24. The third kappa shape index (κ3) is 5.19. The summed E-state index contributed by atoms with van der Waals surface area (Å²) in [6.07, 6.45) is 0.